The second-order valence-corrected chi connectivity index (χ2v) is 9.04. The van der Waals surface area contributed by atoms with Gasteiger partial charge in [-0.05, 0) is 43.5 Å². The molecule has 0 bridgehead atoms. The number of carbonyl (C=O) groups excluding carboxylic acids is 2. The number of aryl methyl sites for hydroxylation is 1. The van der Waals surface area contributed by atoms with E-state index in [2.05, 4.69) is 16.3 Å². The first-order valence-corrected chi connectivity index (χ1v) is 11.7. The van der Waals surface area contributed by atoms with Crippen molar-refractivity contribution < 1.29 is 14.3 Å². The number of hydrogen-bond acceptors (Lipinski definition) is 5. The quantitative estimate of drug-likeness (QED) is 0.817. The summed E-state index contributed by atoms with van der Waals surface area (Å²) in [5, 5.41) is 3.04. The molecular formula is C21H30N4O3S. The highest BCUT2D eigenvalue weighted by atomic mass is 32.2. The summed E-state index contributed by atoms with van der Waals surface area (Å²) in [6.45, 7) is 7.49. The van der Waals surface area contributed by atoms with Crippen LogP contribution < -0.4 is 10.2 Å². The van der Waals surface area contributed by atoms with Gasteiger partial charge in [-0.2, -0.15) is 11.8 Å². The topological polar surface area (TPSA) is 65.1 Å². The molecule has 1 aromatic carbocycles. The molecule has 3 aliphatic heterocycles. The van der Waals surface area contributed by atoms with Crippen molar-refractivity contribution in [1.82, 2.24) is 9.80 Å². The molecule has 29 heavy (non-hydrogen) atoms. The number of amides is 3. The number of urea groups is 1. The van der Waals surface area contributed by atoms with Gasteiger partial charge < -0.3 is 24.8 Å². The molecule has 0 spiro atoms. The molecule has 0 aliphatic carbocycles. The lowest BCUT2D eigenvalue weighted by Gasteiger charge is -2.32. The molecule has 3 aliphatic rings. The van der Waals surface area contributed by atoms with Crippen molar-refractivity contribution in [3.8, 4) is 0 Å². The predicted octanol–water partition coefficient (Wildman–Crippen LogP) is 2.40. The third-order valence-corrected chi connectivity index (χ3v) is 6.89. The van der Waals surface area contributed by atoms with Gasteiger partial charge in [0.15, 0.2) is 0 Å². The van der Waals surface area contributed by atoms with Crippen molar-refractivity contribution in [2.45, 2.75) is 25.8 Å². The summed E-state index contributed by atoms with van der Waals surface area (Å²) in [5.41, 5.74) is 2.98. The largest absolute Gasteiger partial charge is 0.378 e. The monoisotopic (exact) mass is 418 g/mol. The molecule has 3 saturated heterocycles. The maximum Gasteiger partial charge on any atom is 0.322 e. The molecule has 3 fully saturated rings. The highest BCUT2D eigenvalue weighted by molar-refractivity contribution is 7.99. The number of hydrogen-bond donors (Lipinski definition) is 1. The van der Waals surface area contributed by atoms with Gasteiger partial charge in [-0.3, -0.25) is 4.79 Å². The molecule has 7 nitrogen and oxygen atoms in total. The molecule has 1 atom stereocenters. The van der Waals surface area contributed by atoms with Crippen LogP contribution in [0.3, 0.4) is 0 Å². The number of anilines is 2. The number of carbonyl (C=O) groups is 2. The number of morpholine rings is 1. The molecule has 3 heterocycles. The number of nitrogens with zero attached hydrogens (tertiary/aromatic N) is 3. The van der Waals surface area contributed by atoms with Crippen LogP contribution in [0.1, 0.15) is 18.4 Å². The van der Waals surface area contributed by atoms with Crippen LogP contribution in [-0.4, -0.2) is 85.2 Å². The molecular weight excluding hydrogens is 388 g/mol. The first kappa shape index (κ1) is 20.3. The minimum Gasteiger partial charge on any atom is -0.378 e. The number of likely N-dealkylation sites (tertiary alicyclic amines) is 1. The standard InChI is InChI=1S/C21H30N4O3S/c1-16-15-17(23-7-11-28-12-8-23)4-5-18(16)22-21(27)25-6-2-3-19(25)20(26)24-9-13-29-14-10-24/h4-5,15,19H,2-3,6-14H2,1H3,(H,22,27). The van der Waals surface area contributed by atoms with Gasteiger partial charge in [0.05, 0.1) is 13.2 Å². The van der Waals surface area contributed by atoms with E-state index in [4.69, 9.17) is 4.74 Å². The van der Waals surface area contributed by atoms with Gasteiger partial charge >= 0.3 is 6.03 Å². The zero-order valence-corrected chi connectivity index (χ0v) is 17.9. The maximum absolute atomic E-state index is 13.0. The lowest BCUT2D eigenvalue weighted by molar-refractivity contribution is -0.134. The van der Waals surface area contributed by atoms with Crippen molar-refractivity contribution in [1.29, 1.82) is 0 Å². The van der Waals surface area contributed by atoms with Gasteiger partial charge in [-0.25, -0.2) is 4.79 Å². The SMILES string of the molecule is Cc1cc(N2CCOCC2)ccc1NC(=O)N1CCCC1C(=O)N1CCSCC1. The van der Waals surface area contributed by atoms with E-state index in [0.29, 0.717) is 6.54 Å². The lowest BCUT2D eigenvalue weighted by Crippen LogP contribution is -2.51. The summed E-state index contributed by atoms with van der Waals surface area (Å²) in [4.78, 5) is 31.8. The van der Waals surface area contributed by atoms with Crippen LogP contribution in [-0.2, 0) is 9.53 Å². The molecule has 8 heteroatoms. The summed E-state index contributed by atoms with van der Waals surface area (Å²) >= 11 is 1.88. The van der Waals surface area contributed by atoms with E-state index in [1.54, 1.807) is 4.90 Å². The maximum atomic E-state index is 13.0. The van der Waals surface area contributed by atoms with Crippen LogP contribution in [0.2, 0.25) is 0 Å². The number of benzene rings is 1. The highest BCUT2D eigenvalue weighted by Gasteiger charge is 2.37. The third-order valence-electron chi connectivity index (χ3n) is 5.95. The van der Waals surface area contributed by atoms with Crippen molar-refractivity contribution in [2.75, 3.05) is 67.7 Å². The van der Waals surface area contributed by atoms with Gasteiger partial charge in [0.25, 0.3) is 0 Å². The Hall–Kier alpha value is -1.93. The molecule has 4 rings (SSSR count). The average Bonchev–Trinajstić information content (AvgIpc) is 3.26. The van der Waals surface area contributed by atoms with Crippen molar-refractivity contribution in [2.24, 2.45) is 0 Å². The third kappa shape index (κ3) is 4.64. The Balaban J connectivity index is 1.40. The van der Waals surface area contributed by atoms with Crippen LogP contribution >= 0.6 is 11.8 Å². The Kier molecular flexibility index (Phi) is 6.50. The van der Waals surface area contributed by atoms with Gasteiger partial charge in [-0.15, -0.1) is 0 Å². The molecule has 1 aromatic rings. The molecule has 0 radical (unpaired) electrons. The van der Waals surface area contributed by atoms with E-state index in [1.165, 1.54) is 0 Å². The van der Waals surface area contributed by atoms with E-state index in [0.717, 1.165) is 80.7 Å². The van der Waals surface area contributed by atoms with Crippen molar-refractivity contribution >= 4 is 35.1 Å². The molecule has 0 saturated carbocycles. The van der Waals surface area contributed by atoms with E-state index in [-0.39, 0.29) is 18.0 Å². The number of rotatable bonds is 3. The molecule has 1 unspecified atom stereocenters. The fourth-order valence-corrected chi connectivity index (χ4v) is 5.16. The van der Waals surface area contributed by atoms with Gasteiger partial charge in [-0.1, -0.05) is 0 Å². The minimum atomic E-state index is -0.328. The highest BCUT2D eigenvalue weighted by Crippen LogP contribution is 2.26. The molecule has 3 amide bonds. The van der Waals surface area contributed by atoms with E-state index < -0.39 is 0 Å². The number of thioether (sulfide) groups is 1. The first-order chi connectivity index (χ1) is 14.1. The van der Waals surface area contributed by atoms with E-state index in [9.17, 15) is 9.59 Å². The smallest absolute Gasteiger partial charge is 0.322 e. The van der Waals surface area contributed by atoms with Crippen LogP contribution in [0.25, 0.3) is 0 Å². The minimum absolute atomic E-state index is 0.109. The number of nitrogens with one attached hydrogen (secondary N) is 1. The Labute approximate surface area is 176 Å². The Morgan fingerprint density at radius 2 is 1.86 bits per heavy atom. The summed E-state index contributed by atoms with van der Waals surface area (Å²) in [6.07, 6.45) is 1.63. The summed E-state index contributed by atoms with van der Waals surface area (Å²) in [5.74, 6) is 2.08. The predicted molar refractivity (Wildman–Crippen MR) is 117 cm³/mol. The summed E-state index contributed by atoms with van der Waals surface area (Å²) in [6, 6.07) is 5.62. The zero-order valence-electron chi connectivity index (χ0n) is 17.1. The lowest BCUT2D eigenvalue weighted by atomic mass is 10.1. The fourth-order valence-electron chi connectivity index (χ4n) is 4.25. The van der Waals surface area contributed by atoms with Gasteiger partial charge in [0, 0.05) is 55.6 Å². The number of ether oxygens (including phenoxy) is 1. The first-order valence-electron chi connectivity index (χ1n) is 10.5. The molecule has 1 N–H and O–H groups in total. The van der Waals surface area contributed by atoms with Gasteiger partial charge in [0.2, 0.25) is 5.91 Å². The van der Waals surface area contributed by atoms with Crippen molar-refractivity contribution in [3.63, 3.8) is 0 Å². The zero-order chi connectivity index (χ0) is 20.2. The van der Waals surface area contributed by atoms with Crippen LogP contribution in [0.4, 0.5) is 16.2 Å². The summed E-state index contributed by atoms with van der Waals surface area (Å²) in [7, 11) is 0. The molecule has 0 aromatic heterocycles. The van der Waals surface area contributed by atoms with Gasteiger partial charge in [0.1, 0.15) is 6.04 Å². The van der Waals surface area contributed by atoms with Crippen LogP contribution in [0.15, 0.2) is 18.2 Å². The average molecular weight is 419 g/mol. The van der Waals surface area contributed by atoms with Crippen LogP contribution in [0, 0.1) is 6.92 Å². The summed E-state index contributed by atoms with van der Waals surface area (Å²) < 4.78 is 5.42. The second kappa shape index (κ2) is 9.26. The Bertz CT molecular complexity index is 747. The van der Waals surface area contributed by atoms with E-state index >= 15 is 0 Å². The van der Waals surface area contributed by atoms with E-state index in [1.807, 2.05) is 35.7 Å². The second-order valence-electron chi connectivity index (χ2n) is 7.82. The fraction of sp³-hybridized carbons (Fsp3) is 0.619. The normalized spacial score (nSPS) is 22.7. The molecule has 158 valence electrons. The van der Waals surface area contributed by atoms with Crippen LogP contribution in [0.5, 0.6) is 0 Å². The Morgan fingerprint density at radius 1 is 1.10 bits per heavy atom. The van der Waals surface area contributed by atoms with Crippen molar-refractivity contribution in [3.05, 3.63) is 23.8 Å². The Morgan fingerprint density at radius 3 is 2.59 bits per heavy atom.